The van der Waals surface area contributed by atoms with Gasteiger partial charge in [0, 0.05) is 11.6 Å². The third-order valence-electron chi connectivity index (χ3n) is 4.11. The molecule has 2 atom stereocenters. The van der Waals surface area contributed by atoms with Gasteiger partial charge >= 0.3 is 5.97 Å². The SMILES string of the molecule is CCC(C)(C)N(C)C1CCCC1C(=O)O. The van der Waals surface area contributed by atoms with Crippen molar-refractivity contribution in [1.29, 1.82) is 0 Å². The molecule has 0 aromatic rings. The summed E-state index contributed by atoms with van der Waals surface area (Å²) in [5.41, 5.74) is 0.0999. The van der Waals surface area contributed by atoms with Crippen LogP contribution in [0.25, 0.3) is 0 Å². The van der Waals surface area contributed by atoms with E-state index in [4.69, 9.17) is 5.11 Å². The summed E-state index contributed by atoms with van der Waals surface area (Å²) in [5.74, 6) is -0.794. The fourth-order valence-electron chi connectivity index (χ4n) is 2.39. The standard InChI is InChI=1S/C12H23NO2/c1-5-12(2,3)13(4)10-8-6-7-9(10)11(14)15/h9-10H,5-8H2,1-4H3,(H,14,15). The van der Waals surface area contributed by atoms with E-state index in [0.29, 0.717) is 0 Å². The average Bonchev–Trinajstić information content (AvgIpc) is 2.64. The van der Waals surface area contributed by atoms with Crippen LogP contribution in [0.15, 0.2) is 0 Å². The van der Waals surface area contributed by atoms with Crippen molar-refractivity contribution >= 4 is 5.97 Å². The van der Waals surface area contributed by atoms with Gasteiger partial charge in [-0.25, -0.2) is 0 Å². The van der Waals surface area contributed by atoms with E-state index < -0.39 is 5.97 Å². The van der Waals surface area contributed by atoms with Crippen molar-refractivity contribution in [3.8, 4) is 0 Å². The Morgan fingerprint density at radius 1 is 1.47 bits per heavy atom. The van der Waals surface area contributed by atoms with Crippen molar-refractivity contribution in [2.75, 3.05) is 7.05 Å². The van der Waals surface area contributed by atoms with E-state index in [0.717, 1.165) is 25.7 Å². The van der Waals surface area contributed by atoms with Gasteiger partial charge in [0.1, 0.15) is 0 Å². The Kier molecular flexibility index (Phi) is 3.77. The molecule has 1 aliphatic rings. The third-order valence-corrected chi connectivity index (χ3v) is 4.11. The highest BCUT2D eigenvalue weighted by Crippen LogP contribution is 2.33. The molecule has 3 nitrogen and oxygen atoms in total. The topological polar surface area (TPSA) is 40.5 Å². The molecule has 3 heteroatoms. The summed E-state index contributed by atoms with van der Waals surface area (Å²) >= 11 is 0. The minimum atomic E-state index is -0.628. The minimum absolute atomic E-state index is 0.0999. The van der Waals surface area contributed by atoms with Crippen LogP contribution in [-0.2, 0) is 4.79 Å². The fraction of sp³-hybridized carbons (Fsp3) is 0.917. The zero-order valence-corrected chi connectivity index (χ0v) is 10.3. The van der Waals surface area contributed by atoms with Gasteiger partial charge in [-0.1, -0.05) is 13.3 Å². The van der Waals surface area contributed by atoms with E-state index in [-0.39, 0.29) is 17.5 Å². The van der Waals surface area contributed by atoms with Crippen molar-refractivity contribution in [2.45, 2.75) is 58.0 Å². The number of carboxylic acids is 1. The van der Waals surface area contributed by atoms with Crippen LogP contribution >= 0.6 is 0 Å². The first-order valence-electron chi connectivity index (χ1n) is 5.86. The Labute approximate surface area is 92.5 Å². The molecule has 1 N–H and O–H groups in total. The summed E-state index contributed by atoms with van der Waals surface area (Å²) in [6.07, 6.45) is 3.96. The first-order chi connectivity index (χ1) is 6.90. The van der Waals surface area contributed by atoms with E-state index in [1.54, 1.807) is 0 Å². The summed E-state index contributed by atoms with van der Waals surface area (Å²) in [5, 5.41) is 9.14. The minimum Gasteiger partial charge on any atom is -0.481 e. The van der Waals surface area contributed by atoms with Gasteiger partial charge in [-0.15, -0.1) is 0 Å². The molecule has 15 heavy (non-hydrogen) atoms. The van der Waals surface area contributed by atoms with Crippen LogP contribution in [-0.4, -0.2) is 34.6 Å². The third kappa shape index (κ3) is 2.51. The Morgan fingerprint density at radius 3 is 2.53 bits per heavy atom. The molecule has 1 rings (SSSR count). The second kappa shape index (κ2) is 4.52. The largest absolute Gasteiger partial charge is 0.481 e. The van der Waals surface area contributed by atoms with Gasteiger partial charge < -0.3 is 5.11 Å². The van der Waals surface area contributed by atoms with Crippen LogP contribution in [0.1, 0.15) is 46.5 Å². The number of rotatable bonds is 4. The highest BCUT2D eigenvalue weighted by molar-refractivity contribution is 5.71. The predicted octanol–water partition coefficient (Wildman–Crippen LogP) is 2.36. The maximum Gasteiger partial charge on any atom is 0.308 e. The van der Waals surface area contributed by atoms with Crippen LogP contribution in [0, 0.1) is 5.92 Å². The molecule has 2 unspecified atom stereocenters. The van der Waals surface area contributed by atoms with Gasteiger partial charge in [0.05, 0.1) is 5.92 Å². The summed E-state index contributed by atoms with van der Waals surface area (Å²) in [7, 11) is 2.06. The number of carbonyl (C=O) groups is 1. The molecule has 0 saturated heterocycles. The van der Waals surface area contributed by atoms with Crippen molar-refractivity contribution < 1.29 is 9.90 Å². The maximum atomic E-state index is 11.1. The first kappa shape index (κ1) is 12.5. The molecule has 0 aliphatic heterocycles. The molecule has 1 saturated carbocycles. The quantitative estimate of drug-likeness (QED) is 0.779. The molecule has 1 aliphatic carbocycles. The molecule has 1 fully saturated rings. The van der Waals surface area contributed by atoms with E-state index in [9.17, 15) is 4.79 Å². The summed E-state index contributed by atoms with van der Waals surface area (Å²) < 4.78 is 0. The lowest BCUT2D eigenvalue weighted by molar-refractivity contribution is -0.144. The summed E-state index contributed by atoms with van der Waals surface area (Å²) in [6.45, 7) is 6.52. The Balaban J connectivity index is 2.74. The first-order valence-corrected chi connectivity index (χ1v) is 5.86. The number of aliphatic carboxylic acids is 1. The van der Waals surface area contributed by atoms with Crippen LogP contribution in [0.3, 0.4) is 0 Å². The lowest BCUT2D eigenvalue weighted by atomic mass is 9.93. The van der Waals surface area contributed by atoms with E-state index >= 15 is 0 Å². The van der Waals surface area contributed by atoms with Crippen molar-refractivity contribution in [2.24, 2.45) is 5.92 Å². The van der Waals surface area contributed by atoms with E-state index in [1.807, 2.05) is 0 Å². The van der Waals surface area contributed by atoms with Crippen LogP contribution in [0.4, 0.5) is 0 Å². The van der Waals surface area contributed by atoms with Gasteiger partial charge in [0.25, 0.3) is 0 Å². The van der Waals surface area contributed by atoms with Crippen LogP contribution < -0.4 is 0 Å². The zero-order valence-electron chi connectivity index (χ0n) is 10.3. The Bertz CT molecular complexity index is 238. The monoisotopic (exact) mass is 213 g/mol. The molecule has 88 valence electrons. The summed E-state index contributed by atoms with van der Waals surface area (Å²) in [6, 6.07) is 0.220. The Hall–Kier alpha value is -0.570. The number of hydrogen-bond donors (Lipinski definition) is 1. The van der Waals surface area contributed by atoms with Gasteiger partial charge in [-0.2, -0.15) is 0 Å². The maximum absolute atomic E-state index is 11.1. The van der Waals surface area contributed by atoms with Crippen LogP contribution in [0.2, 0.25) is 0 Å². The van der Waals surface area contributed by atoms with Gasteiger partial charge in [-0.05, 0) is 40.2 Å². The zero-order chi connectivity index (χ0) is 11.6. The van der Waals surface area contributed by atoms with Crippen molar-refractivity contribution in [3.63, 3.8) is 0 Å². The predicted molar refractivity (Wildman–Crippen MR) is 60.9 cm³/mol. The molecule has 0 spiro atoms. The number of carboxylic acid groups (broad SMARTS) is 1. The molecule has 0 amide bonds. The second-order valence-corrected chi connectivity index (χ2v) is 5.22. The van der Waals surface area contributed by atoms with Crippen molar-refractivity contribution in [3.05, 3.63) is 0 Å². The normalized spacial score (nSPS) is 27.3. The molecule has 0 aromatic heterocycles. The molecule has 0 radical (unpaired) electrons. The molecular weight excluding hydrogens is 190 g/mol. The smallest absolute Gasteiger partial charge is 0.308 e. The molecule has 0 aromatic carbocycles. The van der Waals surface area contributed by atoms with Gasteiger partial charge in [0.2, 0.25) is 0 Å². The van der Waals surface area contributed by atoms with E-state index in [1.165, 1.54) is 0 Å². The molecular formula is C12H23NO2. The highest BCUT2D eigenvalue weighted by Gasteiger charge is 2.39. The second-order valence-electron chi connectivity index (χ2n) is 5.22. The lowest BCUT2D eigenvalue weighted by Crippen LogP contribution is -2.49. The van der Waals surface area contributed by atoms with Crippen molar-refractivity contribution in [1.82, 2.24) is 4.90 Å². The number of nitrogens with zero attached hydrogens (tertiary/aromatic N) is 1. The highest BCUT2D eigenvalue weighted by atomic mass is 16.4. The van der Waals surface area contributed by atoms with E-state index in [2.05, 4.69) is 32.7 Å². The van der Waals surface area contributed by atoms with Crippen LogP contribution in [0.5, 0.6) is 0 Å². The lowest BCUT2D eigenvalue weighted by Gasteiger charge is -2.40. The number of hydrogen-bond acceptors (Lipinski definition) is 2. The fourth-order valence-corrected chi connectivity index (χ4v) is 2.39. The Morgan fingerprint density at radius 2 is 2.07 bits per heavy atom. The van der Waals surface area contributed by atoms with Gasteiger partial charge in [-0.3, -0.25) is 9.69 Å². The molecule has 0 heterocycles. The summed E-state index contributed by atoms with van der Waals surface area (Å²) in [4.78, 5) is 13.4. The molecule has 0 bridgehead atoms. The van der Waals surface area contributed by atoms with Gasteiger partial charge in [0.15, 0.2) is 0 Å². The average molecular weight is 213 g/mol.